The molecule has 2 fully saturated rings. The van der Waals surface area contributed by atoms with Crippen LogP contribution in [0.15, 0.2) is 18.2 Å². The highest BCUT2D eigenvalue weighted by Crippen LogP contribution is 2.59. The molecule has 3 rings (SSSR count). The first kappa shape index (κ1) is 13.4. The van der Waals surface area contributed by atoms with Gasteiger partial charge in [0.15, 0.2) is 0 Å². The lowest BCUT2D eigenvalue weighted by molar-refractivity contribution is 0.411. The average Bonchev–Trinajstić information content (AvgIpc) is 2.86. The standard InChI is InChI=1S/C16H21ClFN/c1-2-19-15(16-11-4-3-5-12(11)16)9-10-6-7-14(18)13(17)8-10/h6-8,11-12,15-16,19H,2-5,9H2,1H3. The van der Waals surface area contributed by atoms with Gasteiger partial charge in [-0.15, -0.1) is 0 Å². The van der Waals surface area contributed by atoms with Gasteiger partial charge in [0.25, 0.3) is 0 Å². The van der Waals surface area contributed by atoms with Gasteiger partial charge in [0.1, 0.15) is 5.82 Å². The van der Waals surface area contributed by atoms with E-state index in [0.29, 0.717) is 6.04 Å². The third-order valence-corrected chi connectivity index (χ3v) is 5.13. The van der Waals surface area contributed by atoms with Crippen LogP contribution >= 0.6 is 11.6 Å². The van der Waals surface area contributed by atoms with Crippen molar-refractivity contribution in [2.24, 2.45) is 17.8 Å². The number of hydrogen-bond donors (Lipinski definition) is 1. The molecule has 19 heavy (non-hydrogen) atoms. The Morgan fingerprint density at radius 1 is 1.37 bits per heavy atom. The fourth-order valence-electron chi connectivity index (χ4n) is 4.00. The molecule has 0 amide bonds. The molecular weight excluding hydrogens is 261 g/mol. The lowest BCUT2D eigenvalue weighted by Gasteiger charge is -2.20. The van der Waals surface area contributed by atoms with E-state index < -0.39 is 0 Å². The van der Waals surface area contributed by atoms with Gasteiger partial charge < -0.3 is 5.32 Å². The minimum absolute atomic E-state index is 0.240. The van der Waals surface area contributed by atoms with Gasteiger partial charge in [-0.25, -0.2) is 4.39 Å². The van der Waals surface area contributed by atoms with Crippen LogP contribution in [0.5, 0.6) is 0 Å². The quantitative estimate of drug-likeness (QED) is 0.859. The number of benzene rings is 1. The van der Waals surface area contributed by atoms with E-state index in [1.807, 2.05) is 6.07 Å². The Hall–Kier alpha value is -0.600. The molecule has 1 aromatic carbocycles. The van der Waals surface area contributed by atoms with Crippen molar-refractivity contribution in [2.45, 2.75) is 38.6 Å². The monoisotopic (exact) mass is 281 g/mol. The van der Waals surface area contributed by atoms with Gasteiger partial charge in [-0.2, -0.15) is 0 Å². The summed E-state index contributed by atoms with van der Waals surface area (Å²) in [6.45, 7) is 3.15. The molecule has 0 aromatic heterocycles. The zero-order valence-corrected chi connectivity index (χ0v) is 12.1. The smallest absolute Gasteiger partial charge is 0.141 e. The molecule has 1 N–H and O–H groups in total. The highest BCUT2D eigenvalue weighted by Gasteiger charge is 2.55. The van der Waals surface area contributed by atoms with Crippen LogP contribution in [0.1, 0.15) is 31.7 Å². The van der Waals surface area contributed by atoms with Crippen molar-refractivity contribution in [3.8, 4) is 0 Å². The van der Waals surface area contributed by atoms with E-state index in [4.69, 9.17) is 11.6 Å². The maximum atomic E-state index is 13.2. The summed E-state index contributed by atoms with van der Waals surface area (Å²) in [5, 5.41) is 3.86. The first-order valence-electron chi connectivity index (χ1n) is 7.38. The number of halogens is 2. The maximum Gasteiger partial charge on any atom is 0.141 e. The second kappa shape index (κ2) is 5.41. The van der Waals surface area contributed by atoms with E-state index in [-0.39, 0.29) is 10.8 Å². The molecule has 3 unspecified atom stereocenters. The second-order valence-electron chi connectivity index (χ2n) is 5.95. The summed E-state index contributed by atoms with van der Waals surface area (Å²) in [6.07, 6.45) is 5.18. The molecule has 0 heterocycles. The average molecular weight is 282 g/mol. The van der Waals surface area contributed by atoms with Gasteiger partial charge in [-0.1, -0.05) is 31.0 Å². The Bertz CT molecular complexity index is 452. The third kappa shape index (κ3) is 2.66. The molecule has 0 aliphatic heterocycles. The van der Waals surface area contributed by atoms with Crippen molar-refractivity contribution in [3.63, 3.8) is 0 Å². The van der Waals surface area contributed by atoms with Crippen LogP contribution < -0.4 is 5.32 Å². The molecule has 0 bridgehead atoms. The molecule has 1 aromatic rings. The van der Waals surface area contributed by atoms with Gasteiger partial charge in [0.2, 0.25) is 0 Å². The number of likely N-dealkylation sites (N-methyl/N-ethyl adjacent to an activating group) is 1. The summed E-state index contributed by atoms with van der Waals surface area (Å²) >= 11 is 5.87. The SMILES string of the molecule is CCNC(Cc1ccc(F)c(Cl)c1)C1C2CCCC21. The Morgan fingerprint density at radius 2 is 2.11 bits per heavy atom. The minimum atomic E-state index is -0.325. The van der Waals surface area contributed by atoms with Crippen molar-refractivity contribution in [2.75, 3.05) is 6.54 Å². The van der Waals surface area contributed by atoms with E-state index in [9.17, 15) is 4.39 Å². The lowest BCUT2D eigenvalue weighted by Crippen LogP contribution is -2.34. The summed E-state index contributed by atoms with van der Waals surface area (Å²) in [4.78, 5) is 0. The summed E-state index contributed by atoms with van der Waals surface area (Å²) in [6, 6.07) is 5.65. The zero-order valence-electron chi connectivity index (χ0n) is 11.3. The van der Waals surface area contributed by atoms with Crippen LogP contribution in [0, 0.1) is 23.6 Å². The van der Waals surface area contributed by atoms with Crippen molar-refractivity contribution in [3.05, 3.63) is 34.6 Å². The molecule has 104 valence electrons. The molecule has 2 aliphatic carbocycles. The van der Waals surface area contributed by atoms with Gasteiger partial charge >= 0.3 is 0 Å². The highest BCUT2D eigenvalue weighted by atomic mass is 35.5. The Labute approximate surface area is 119 Å². The minimum Gasteiger partial charge on any atom is -0.314 e. The van der Waals surface area contributed by atoms with Crippen LogP contribution in [0.4, 0.5) is 4.39 Å². The van der Waals surface area contributed by atoms with Gasteiger partial charge in [0.05, 0.1) is 5.02 Å². The number of fused-ring (bicyclic) bond motifs is 1. The molecule has 0 radical (unpaired) electrons. The fraction of sp³-hybridized carbons (Fsp3) is 0.625. The summed E-state index contributed by atoms with van der Waals surface area (Å²) in [7, 11) is 0. The zero-order chi connectivity index (χ0) is 13.4. The first-order chi connectivity index (χ1) is 9.20. The molecule has 0 saturated heterocycles. The van der Waals surface area contributed by atoms with E-state index in [0.717, 1.165) is 36.3 Å². The van der Waals surface area contributed by atoms with Crippen molar-refractivity contribution >= 4 is 11.6 Å². The van der Waals surface area contributed by atoms with E-state index in [1.54, 1.807) is 6.07 Å². The molecular formula is C16H21ClFN. The van der Waals surface area contributed by atoms with Crippen LogP contribution in [0.25, 0.3) is 0 Å². The van der Waals surface area contributed by atoms with Crippen LogP contribution in [-0.2, 0) is 6.42 Å². The van der Waals surface area contributed by atoms with E-state index >= 15 is 0 Å². The van der Waals surface area contributed by atoms with Crippen molar-refractivity contribution in [1.29, 1.82) is 0 Å². The molecule has 2 aliphatic rings. The first-order valence-corrected chi connectivity index (χ1v) is 7.75. The van der Waals surface area contributed by atoms with Crippen molar-refractivity contribution in [1.82, 2.24) is 5.32 Å². The van der Waals surface area contributed by atoms with E-state index in [1.165, 1.54) is 25.3 Å². The fourth-order valence-corrected chi connectivity index (χ4v) is 4.20. The summed E-state index contributed by atoms with van der Waals surface area (Å²) in [5.74, 6) is 2.39. The predicted molar refractivity (Wildman–Crippen MR) is 76.9 cm³/mol. The van der Waals surface area contributed by atoms with Crippen LogP contribution in [-0.4, -0.2) is 12.6 Å². The second-order valence-corrected chi connectivity index (χ2v) is 6.36. The lowest BCUT2D eigenvalue weighted by atomic mass is 9.97. The van der Waals surface area contributed by atoms with E-state index in [2.05, 4.69) is 12.2 Å². The van der Waals surface area contributed by atoms with Gasteiger partial charge in [-0.05, 0) is 61.3 Å². The Morgan fingerprint density at radius 3 is 2.74 bits per heavy atom. The topological polar surface area (TPSA) is 12.0 Å². The molecule has 2 saturated carbocycles. The number of nitrogens with one attached hydrogen (secondary N) is 1. The molecule has 3 atom stereocenters. The number of hydrogen-bond acceptors (Lipinski definition) is 1. The summed E-state index contributed by atoms with van der Waals surface area (Å²) < 4.78 is 13.2. The predicted octanol–water partition coefficient (Wildman–Crippen LogP) is 4.05. The Kier molecular flexibility index (Phi) is 3.81. The molecule has 1 nitrogen and oxygen atoms in total. The van der Waals surface area contributed by atoms with Crippen LogP contribution in [0.2, 0.25) is 5.02 Å². The van der Waals surface area contributed by atoms with Crippen LogP contribution in [0.3, 0.4) is 0 Å². The normalized spacial score (nSPS) is 30.2. The van der Waals surface area contributed by atoms with Gasteiger partial charge in [-0.3, -0.25) is 0 Å². The molecule has 3 heteroatoms. The molecule has 0 spiro atoms. The van der Waals surface area contributed by atoms with Crippen molar-refractivity contribution < 1.29 is 4.39 Å². The van der Waals surface area contributed by atoms with Gasteiger partial charge in [0, 0.05) is 6.04 Å². The Balaban J connectivity index is 1.69. The highest BCUT2D eigenvalue weighted by molar-refractivity contribution is 6.30. The number of rotatable bonds is 5. The maximum absolute atomic E-state index is 13.2. The third-order valence-electron chi connectivity index (χ3n) is 4.84. The summed E-state index contributed by atoms with van der Waals surface area (Å²) in [5.41, 5.74) is 1.14. The largest absolute Gasteiger partial charge is 0.314 e.